The minimum absolute atomic E-state index is 0.0996. The second-order valence-corrected chi connectivity index (χ2v) is 10.2. The Labute approximate surface area is 227 Å². The number of nitrogens with zero attached hydrogens (tertiary/aromatic N) is 5. The molecule has 0 unspecified atom stereocenters. The minimum Gasteiger partial charge on any atom is -0.381 e. The lowest BCUT2D eigenvalue weighted by atomic mass is 9.77. The molecule has 11 heteroatoms. The van der Waals surface area contributed by atoms with Crippen LogP contribution >= 0.6 is 0 Å². The van der Waals surface area contributed by atoms with E-state index in [-0.39, 0.29) is 24.2 Å². The molecule has 2 aliphatic heterocycles. The van der Waals surface area contributed by atoms with Crippen LogP contribution < -0.4 is 10.2 Å². The van der Waals surface area contributed by atoms with Crippen LogP contribution in [0.3, 0.4) is 0 Å². The van der Waals surface area contributed by atoms with E-state index in [4.69, 9.17) is 9.47 Å². The number of aryl methyl sites for hydroxylation is 1. The van der Waals surface area contributed by atoms with Gasteiger partial charge in [-0.2, -0.15) is 5.26 Å². The van der Waals surface area contributed by atoms with Gasteiger partial charge in [0.1, 0.15) is 29.5 Å². The smallest absolute Gasteiger partial charge is 0.328 e. The summed E-state index contributed by atoms with van der Waals surface area (Å²) < 4.78 is 10.7. The second-order valence-electron chi connectivity index (χ2n) is 10.2. The van der Waals surface area contributed by atoms with E-state index in [1.54, 1.807) is 18.1 Å². The lowest BCUT2D eigenvalue weighted by molar-refractivity contribution is -0.136. The number of pyridine rings is 2. The number of methoxy groups -OCH3 is 2. The van der Waals surface area contributed by atoms with E-state index in [2.05, 4.69) is 21.4 Å². The standard InChI is InChI=1S/C28H32N6O5/c1-38-23-6-5-17(23)10-19-12-25(30-14-21(19)13-29)32-28(37)34-8-3-4-18-11-20(22(16-35)31-26(18)34)15-33-9-7-24(39-2)27(33)36/h11-12,14,16-17,23-24H,3-10,15H2,1-2H3,(H,30,32,37)/t17-,23-,24-/m0/s1. The van der Waals surface area contributed by atoms with Gasteiger partial charge in [-0.05, 0) is 61.3 Å². The first-order chi connectivity index (χ1) is 18.9. The topological polar surface area (TPSA) is 138 Å². The van der Waals surface area contributed by atoms with Crippen molar-refractivity contribution in [3.8, 4) is 6.07 Å². The molecule has 1 aliphatic carbocycles. The normalized spacial score (nSPS) is 22.2. The van der Waals surface area contributed by atoms with Crippen molar-refractivity contribution in [2.24, 2.45) is 5.92 Å². The van der Waals surface area contributed by atoms with Crippen LogP contribution in [0.2, 0.25) is 0 Å². The number of carbonyl (C=O) groups excluding carboxylic acids is 3. The summed E-state index contributed by atoms with van der Waals surface area (Å²) in [5.41, 5.74) is 3.01. The van der Waals surface area contributed by atoms with Crippen LogP contribution in [0.25, 0.3) is 0 Å². The van der Waals surface area contributed by atoms with Gasteiger partial charge in [0, 0.05) is 52.0 Å². The number of nitrogens with one attached hydrogen (secondary N) is 1. The lowest BCUT2D eigenvalue weighted by Gasteiger charge is -2.35. The number of ether oxygens (including phenoxy) is 2. The zero-order chi connectivity index (χ0) is 27.5. The Kier molecular flexibility index (Phi) is 7.86. The van der Waals surface area contributed by atoms with E-state index in [0.29, 0.717) is 67.3 Å². The maximum Gasteiger partial charge on any atom is 0.328 e. The summed E-state index contributed by atoms with van der Waals surface area (Å²) in [7, 11) is 3.22. The molecular formula is C28H32N6O5. The number of aromatic nitrogens is 2. The average molecular weight is 533 g/mol. The fraction of sp³-hybridized carbons (Fsp3) is 0.500. The Hall–Kier alpha value is -3.88. The van der Waals surface area contributed by atoms with Crippen molar-refractivity contribution in [1.82, 2.24) is 14.9 Å². The summed E-state index contributed by atoms with van der Waals surface area (Å²) in [6.45, 7) is 1.25. The molecule has 204 valence electrons. The monoisotopic (exact) mass is 532 g/mol. The number of rotatable bonds is 8. The van der Waals surface area contributed by atoms with E-state index in [1.807, 2.05) is 6.07 Å². The molecule has 4 heterocycles. The summed E-state index contributed by atoms with van der Waals surface area (Å²) >= 11 is 0. The first kappa shape index (κ1) is 26.7. The van der Waals surface area contributed by atoms with E-state index in [0.717, 1.165) is 30.4 Å². The van der Waals surface area contributed by atoms with Gasteiger partial charge in [-0.15, -0.1) is 0 Å². The van der Waals surface area contributed by atoms with Gasteiger partial charge >= 0.3 is 6.03 Å². The van der Waals surface area contributed by atoms with Gasteiger partial charge < -0.3 is 14.4 Å². The Balaban J connectivity index is 1.34. The fourth-order valence-electron chi connectivity index (χ4n) is 5.65. The molecule has 0 radical (unpaired) electrons. The van der Waals surface area contributed by atoms with Crippen molar-refractivity contribution in [1.29, 1.82) is 5.26 Å². The molecule has 1 N–H and O–H groups in total. The van der Waals surface area contributed by atoms with Crippen LogP contribution in [0.4, 0.5) is 16.4 Å². The minimum atomic E-state index is -0.457. The molecule has 1 saturated carbocycles. The molecule has 2 aromatic heterocycles. The third-order valence-electron chi connectivity index (χ3n) is 8.00. The van der Waals surface area contributed by atoms with Gasteiger partial charge in [-0.25, -0.2) is 14.8 Å². The van der Waals surface area contributed by atoms with Gasteiger partial charge in [0.25, 0.3) is 5.91 Å². The summed E-state index contributed by atoms with van der Waals surface area (Å²) in [5.74, 6) is 1.01. The number of fused-ring (bicyclic) bond motifs is 1. The Morgan fingerprint density at radius 2 is 2.05 bits per heavy atom. The van der Waals surface area contributed by atoms with E-state index < -0.39 is 12.1 Å². The van der Waals surface area contributed by atoms with Crippen LogP contribution in [0.1, 0.15) is 58.4 Å². The first-order valence-corrected chi connectivity index (χ1v) is 13.3. The second kappa shape index (κ2) is 11.5. The molecule has 39 heavy (non-hydrogen) atoms. The van der Waals surface area contributed by atoms with E-state index >= 15 is 0 Å². The van der Waals surface area contributed by atoms with Gasteiger partial charge in [0.05, 0.1) is 11.7 Å². The highest BCUT2D eigenvalue weighted by atomic mass is 16.5. The van der Waals surface area contributed by atoms with Crippen molar-refractivity contribution in [3.05, 3.63) is 46.3 Å². The fourth-order valence-corrected chi connectivity index (χ4v) is 5.65. The number of carbonyl (C=O) groups is 3. The van der Waals surface area contributed by atoms with Crippen LogP contribution in [-0.4, -0.2) is 72.6 Å². The number of anilines is 2. The Morgan fingerprint density at radius 1 is 1.21 bits per heavy atom. The third-order valence-corrected chi connectivity index (χ3v) is 8.00. The van der Waals surface area contributed by atoms with Gasteiger partial charge in [-0.1, -0.05) is 0 Å². The molecule has 1 saturated heterocycles. The molecule has 5 rings (SSSR count). The molecule has 3 aliphatic rings. The lowest BCUT2D eigenvalue weighted by Crippen LogP contribution is -2.40. The number of hydrogen-bond donors (Lipinski definition) is 1. The van der Waals surface area contributed by atoms with Crippen LogP contribution in [-0.2, 0) is 33.7 Å². The molecule has 0 aromatic carbocycles. The highest BCUT2D eigenvalue weighted by molar-refractivity contribution is 6.01. The quantitative estimate of drug-likeness (QED) is 0.512. The van der Waals surface area contributed by atoms with Crippen molar-refractivity contribution in [3.63, 3.8) is 0 Å². The summed E-state index contributed by atoms with van der Waals surface area (Å²) in [6, 6.07) is 5.41. The molecule has 3 amide bonds. The Bertz CT molecular complexity index is 1320. The van der Waals surface area contributed by atoms with Crippen molar-refractivity contribution >= 4 is 29.9 Å². The van der Waals surface area contributed by atoms with Crippen molar-refractivity contribution < 1.29 is 23.9 Å². The molecular weight excluding hydrogens is 500 g/mol. The largest absolute Gasteiger partial charge is 0.381 e. The maximum absolute atomic E-state index is 13.4. The van der Waals surface area contributed by atoms with Crippen LogP contribution in [0.5, 0.6) is 0 Å². The summed E-state index contributed by atoms with van der Waals surface area (Å²) in [5, 5.41) is 12.4. The predicted octanol–water partition coefficient (Wildman–Crippen LogP) is 2.86. The van der Waals surface area contributed by atoms with Gasteiger partial charge in [0.2, 0.25) is 0 Å². The number of hydrogen-bond acceptors (Lipinski definition) is 8. The van der Waals surface area contributed by atoms with Gasteiger partial charge in [-0.3, -0.25) is 19.8 Å². The SMILES string of the molecule is CO[C@H]1CCN(Cc2cc3c(nc2C=O)N(C(=O)Nc2cc(C[C@@H]4CC[C@@H]4OC)c(C#N)cn2)CCC3)C1=O. The molecule has 2 aromatic rings. The highest BCUT2D eigenvalue weighted by Gasteiger charge is 2.34. The number of nitriles is 1. The number of amides is 3. The predicted molar refractivity (Wildman–Crippen MR) is 141 cm³/mol. The third kappa shape index (κ3) is 5.35. The van der Waals surface area contributed by atoms with Crippen LogP contribution in [0, 0.1) is 17.2 Å². The van der Waals surface area contributed by atoms with Gasteiger partial charge in [0.15, 0.2) is 6.29 Å². The van der Waals surface area contributed by atoms with E-state index in [1.165, 1.54) is 18.2 Å². The number of aldehydes is 1. The number of likely N-dealkylation sites (tertiary alicyclic amines) is 1. The van der Waals surface area contributed by atoms with Crippen molar-refractivity contribution in [2.45, 2.75) is 57.3 Å². The zero-order valence-corrected chi connectivity index (χ0v) is 22.2. The molecule has 3 atom stereocenters. The van der Waals surface area contributed by atoms with Crippen LogP contribution in [0.15, 0.2) is 18.3 Å². The molecule has 0 spiro atoms. The first-order valence-electron chi connectivity index (χ1n) is 13.3. The molecule has 11 nitrogen and oxygen atoms in total. The molecule has 2 fully saturated rings. The average Bonchev–Trinajstić information content (AvgIpc) is 3.29. The maximum atomic E-state index is 13.4. The zero-order valence-electron chi connectivity index (χ0n) is 22.2. The highest BCUT2D eigenvalue weighted by Crippen LogP contribution is 2.34. The van der Waals surface area contributed by atoms with E-state index in [9.17, 15) is 19.6 Å². The summed E-state index contributed by atoms with van der Waals surface area (Å²) in [4.78, 5) is 49.9. The summed E-state index contributed by atoms with van der Waals surface area (Å²) in [6.07, 6.45) is 6.62. The molecule has 0 bridgehead atoms. The Morgan fingerprint density at radius 3 is 2.72 bits per heavy atom. The number of urea groups is 1. The van der Waals surface area contributed by atoms with Crippen molar-refractivity contribution in [2.75, 3.05) is 37.5 Å².